The highest BCUT2D eigenvalue weighted by atomic mass is 14.0. The molecule has 0 saturated heterocycles. The van der Waals surface area contributed by atoms with Crippen LogP contribution >= 0.6 is 0 Å². The highest BCUT2D eigenvalue weighted by Crippen LogP contribution is 2.16. The minimum absolute atomic E-state index is 1.09. The summed E-state index contributed by atoms with van der Waals surface area (Å²) in [5.74, 6) is 0. The summed E-state index contributed by atoms with van der Waals surface area (Å²) in [5.41, 5.74) is 2.66. The molecule has 0 spiro atoms. The molecule has 43 valence electrons. The quantitative estimate of drug-likeness (QED) is 0.485. The van der Waals surface area contributed by atoms with Crippen molar-refractivity contribution in [3.63, 3.8) is 0 Å². The van der Waals surface area contributed by atoms with Crippen LogP contribution in [0.25, 0.3) is 6.08 Å². The Kier molecular flexibility index (Phi) is 0.922. The highest BCUT2D eigenvalue weighted by Gasteiger charge is 2.00. The van der Waals surface area contributed by atoms with Crippen LogP contribution in [0.4, 0.5) is 0 Å². The van der Waals surface area contributed by atoms with Gasteiger partial charge in [0.05, 0.1) is 0 Å². The second kappa shape index (κ2) is 1.73. The molecule has 0 amide bonds. The molecule has 9 heavy (non-hydrogen) atoms. The SMILES string of the molecule is [c]1cccc2c1C=CC2. The van der Waals surface area contributed by atoms with Crippen LogP contribution in [0.15, 0.2) is 24.3 Å². The van der Waals surface area contributed by atoms with Crippen molar-refractivity contribution >= 4 is 6.08 Å². The summed E-state index contributed by atoms with van der Waals surface area (Å²) in [6.45, 7) is 0. The Bertz CT molecular complexity index is 246. The first-order chi connectivity index (χ1) is 4.47. The number of hydrogen-bond donors (Lipinski definition) is 0. The van der Waals surface area contributed by atoms with Crippen molar-refractivity contribution < 1.29 is 0 Å². The monoisotopic (exact) mass is 115 g/mol. The average molecular weight is 115 g/mol. The zero-order valence-electron chi connectivity index (χ0n) is 5.09. The van der Waals surface area contributed by atoms with Gasteiger partial charge in [0.15, 0.2) is 0 Å². The second-order valence-electron chi connectivity index (χ2n) is 2.22. The van der Waals surface area contributed by atoms with Gasteiger partial charge in [0.1, 0.15) is 0 Å². The maximum absolute atomic E-state index is 3.16. The molecule has 0 bridgehead atoms. The summed E-state index contributed by atoms with van der Waals surface area (Å²) < 4.78 is 0. The standard InChI is InChI=1S/C9H7/c1-2-5-9-7-3-6-8(9)4-1/h1-4,7H,6H2. The predicted octanol–water partition coefficient (Wildman–Crippen LogP) is 2.06. The summed E-state index contributed by atoms with van der Waals surface area (Å²) >= 11 is 0. The smallest absolute Gasteiger partial charge is 0.00879 e. The van der Waals surface area contributed by atoms with E-state index in [1.54, 1.807) is 0 Å². The van der Waals surface area contributed by atoms with Crippen LogP contribution in [0.5, 0.6) is 0 Å². The number of allylic oxidation sites excluding steroid dienone is 1. The molecule has 1 aromatic rings. The maximum Gasteiger partial charge on any atom is -0.00879 e. The van der Waals surface area contributed by atoms with Crippen molar-refractivity contribution in [3.05, 3.63) is 41.5 Å². The van der Waals surface area contributed by atoms with Gasteiger partial charge in [-0.2, -0.15) is 0 Å². The third kappa shape index (κ3) is 0.672. The zero-order valence-corrected chi connectivity index (χ0v) is 5.09. The molecule has 0 aromatic heterocycles. The van der Waals surface area contributed by atoms with Gasteiger partial charge in [-0.1, -0.05) is 30.4 Å². The van der Waals surface area contributed by atoms with Crippen LogP contribution in [0.2, 0.25) is 0 Å². The summed E-state index contributed by atoms with van der Waals surface area (Å²) in [5, 5.41) is 0. The summed E-state index contributed by atoms with van der Waals surface area (Å²) in [4.78, 5) is 0. The molecule has 0 unspecified atom stereocenters. The molecule has 0 aliphatic heterocycles. The molecule has 0 fully saturated rings. The molecular formula is C9H7. The number of hydrogen-bond acceptors (Lipinski definition) is 0. The van der Waals surface area contributed by atoms with E-state index in [2.05, 4.69) is 24.3 Å². The largest absolute Gasteiger partial charge is 0.0795 e. The van der Waals surface area contributed by atoms with Gasteiger partial charge < -0.3 is 0 Å². The Labute approximate surface area is 54.8 Å². The van der Waals surface area contributed by atoms with Gasteiger partial charge in [-0.3, -0.25) is 0 Å². The molecule has 0 heteroatoms. The minimum Gasteiger partial charge on any atom is -0.0795 e. The first kappa shape index (κ1) is 4.80. The lowest BCUT2D eigenvalue weighted by Gasteiger charge is -1.92. The molecule has 0 nitrogen and oxygen atoms in total. The molecule has 1 aliphatic rings. The molecule has 0 saturated carbocycles. The zero-order chi connectivity index (χ0) is 6.10. The van der Waals surface area contributed by atoms with Gasteiger partial charge in [0.2, 0.25) is 0 Å². The van der Waals surface area contributed by atoms with Crippen LogP contribution < -0.4 is 0 Å². The number of fused-ring (bicyclic) bond motifs is 1. The van der Waals surface area contributed by atoms with Gasteiger partial charge >= 0.3 is 0 Å². The molecule has 1 aliphatic carbocycles. The van der Waals surface area contributed by atoms with Crippen LogP contribution in [-0.2, 0) is 6.42 Å². The van der Waals surface area contributed by atoms with Gasteiger partial charge in [0, 0.05) is 0 Å². The summed E-state index contributed by atoms with van der Waals surface area (Å²) in [6.07, 6.45) is 5.38. The van der Waals surface area contributed by atoms with Crippen molar-refractivity contribution in [2.24, 2.45) is 0 Å². The fraction of sp³-hybridized carbons (Fsp3) is 0.111. The Balaban J connectivity index is 2.63. The molecular weight excluding hydrogens is 108 g/mol. The second-order valence-corrected chi connectivity index (χ2v) is 2.22. The van der Waals surface area contributed by atoms with Crippen molar-refractivity contribution in [2.45, 2.75) is 6.42 Å². The molecule has 0 atom stereocenters. The van der Waals surface area contributed by atoms with Crippen LogP contribution in [0.3, 0.4) is 0 Å². The highest BCUT2D eigenvalue weighted by molar-refractivity contribution is 5.58. The van der Waals surface area contributed by atoms with Crippen molar-refractivity contribution in [1.82, 2.24) is 0 Å². The van der Waals surface area contributed by atoms with Gasteiger partial charge in [-0.25, -0.2) is 0 Å². The van der Waals surface area contributed by atoms with Gasteiger partial charge in [-0.05, 0) is 23.6 Å². The average Bonchev–Trinajstić information content (AvgIpc) is 2.33. The fourth-order valence-electron chi connectivity index (χ4n) is 1.12. The Morgan fingerprint density at radius 2 is 2.44 bits per heavy atom. The first-order valence-corrected chi connectivity index (χ1v) is 3.13. The lowest BCUT2D eigenvalue weighted by atomic mass is 10.1. The third-order valence-electron chi connectivity index (χ3n) is 1.60. The predicted molar refractivity (Wildman–Crippen MR) is 38.0 cm³/mol. The Morgan fingerprint density at radius 3 is 3.33 bits per heavy atom. The molecule has 0 N–H and O–H groups in total. The van der Waals surface area contributed by atoms with E-state index in [-0.39, 0.29) is 0 Å². The number of benzene rings is 1. The lowest BCUT2D eigenvalue weighted by molar-refractivity contribution is 1.31. The van der Waals surface area contributed by atoms with E-state index in [1.807, 2.05) is 12.1 Å². The summed E-state index contributed by atoms with van der Waals surface area (Å²) in [7, 11) is 0. The topological polar surface area (TPSA) is 0 Å². The van der Waals surface area contributed by atoms with Crippen molar-refractivity contribution in [2.75, 3.05) is 0 Å². The van der Waals surface area contributed by atoms with E-state index in [0.717, 1.165) is 6.42 Å². The Morgan fingerprint density at radius 1 is 1.44 bits per heavy atom. The van der Waals surface area contributed by atoms with E-state index < -0.39 is 0 Å². The van der Waals surface area contributed by atoms with Crippen LogP contribution in [0.1, 0.15) is 11.1 Å². The Hall–Kier alpha value is -1.04. The third-order valence-corrected chi connectivity index (χ3v) is 1.60. The number of rotatable bonds is 0. The molecule has 2 rings (SSSR count). The molecule has 1 aromatic carbocycles. The minimum atomic E-state index is 1.09. The van der Waals surface area contributed by atoms with Gasteiger partial charge in [0.25, 0.3) is 0 Å². The van der Waals surface area contributed by atoms with E-state index in [9.17, 15) is 0 Å². The van der Waals surface area contributed by atoms with E-state index in [1.165, 1.54) is 11.1 Å². The molecule has 1 radical (unpaired) electrons. The summed E-state index contributed by atoms with van der Waals surface area (Å²) in [6, 6.07) is 9.29. The van der Waals surface area contributed by atoms with Crippen molar-refractivity contribution in [3.8, 4) is 0 Å². The lowest BCUT2D eigenvalue weighted by Crippen LogP contribution is -1.77. The van der Waals surface area contributed by atoms with E-state index in [0.29, 0.717) is 0 Å². The normalized spacial score (nSPS) is 13.8. The molecule has 0 heterocycles. The van der Waals surface area contributed by atoms with Crippen molar-refractivity contribution in [1.29, 1.82) is 0 Å². The maximum atomic E-state index is 3.16. The van der Waals surface area contributed by atoms with E-state index in [4.69, 9.17) is 0 Å². The van der Waals surface area contributed by atoms with Gasteiger partial charge in [-0.15, -0.1) is 0 Å². The fourth-order valence-corrected chi connectivity index (χ4v) is 1.12. The van der Waals surface area contributed by atoms with Crippen LogP contribution in [-0.4, -0.2) is 0 Å². The van der Waals surface area contributed by atoms with Crippen LogP contribution in [0, 0.1) is 6.07 Å². The first-order valence-electron chi connectivity index (χ1n) is 3.13. The van der Waals surface area contributed by atoms with E-state index >= 15 is 0 Å².